The normalized spacial score (nSPS) is 13.1. The van der Waals surface area contributed by atoms with E-state index >= 15 is 0 Å². The Morgan fingerprint density at radius 1 is 1.33 bits per heavy atom. The minimum Gasteiger partial charge on any atom is -0.291 e. The van der Waals surface area contributed by atoms with Crippen molar-refractivity contribution in [1.82, 2.24) is 9.78 Å². The number of nitrogens with zero attached hydrogens (tertiary/aromatic N) is 1. The number of alkyl halides is 3. The molecule has 0 bridgehead atoms. The van der Waals surface area contributed by atoms with Gasteiger partial charge in [0.25, 0.3) is 5.56 Å². The van der Waals surface area contributed by atoms with Gasteiger partial charge in [-0.3, -0.25) is 14.6 Å². The Morgan fingerprint density at radius 2 is 1.95 bits per heavy atom. The summed E-state index contributed by atoms with van der Waals surface area (Å²) in [5.41, 5.74) is -1.40. The largest absolute Gasteiger partial charge is 0.433 e. The Hall–Kier alpha value is -2.24. The highest BCUT2D eigenvalue weighted by molar-refractivity contribution is 5.38. The zero-order valence-corrected chi connectivity index (χ0v) is 11.4. The summed E-state index contributed by atoms with van der Waals surface area (Å²) in [5, 5.41) is 2.16. The first-order valence-corrected chi connectivity index (χ1v) is 6.47. The summed E-state index contributed by atoms with van der Waals surface area (Å²) in [5.74, 6) is -0.806. The molecule has 1 N–H and O–H groups in total. The second-order valence-electron chi connectivity index (χ2n) is 4.57. The molecule has 112 valence electrons. The van der Waals surface area contributed by atoms with Crippen LogP contribution in [0.3, 0.4) is 0 Å². The van der Waals surface area contributed by atoms with Crippen molar-refractivity contribution in [2.24, 2.45) is 0 Å². The third-order valence-electron chi connectivity index (χ3n) is 3.30. The van der Waals surface area contributed by atoms with Crippen LogP contribution in [0.4, 0.5) is 13.2 Å². The molecule has 21 heavy (non-hydrogen) atoms. The number of hydrogen-bond donors (Lipinski definition) is 1. The van der Waals surface area contributed by atoms with E-state index in [-0.39, 0.29) is 12.1 Å². The number of hydrogen-bond acceptors (Lipinski definition) is 1. The summed E-state index contributed by atoms with van der Waals surface area (Å²) >= 11 is 0. The fraction of sp³-hybridized carbons (Fsp3) is 0.267. The molecule has 2 rings (SSSR count). The van der Waals surface area contributed by atoms with E-state index in [4.69, 9.17) is 0 Å². The summed E-state index contributed by atoms with van der Waals surface area (Å²) < 4.78 is 40.5. The molecule has 1 aromatic carbocycles. The lowest BCUT2D eigenvalue weighted by molar-refractivity contribution is -0.142. The molecule has 0 saturated heterocycles. The van der Waals surface area contributed by atoms with E-state index in [0.717, 1.165) is 4.68 Å². The smallest absolute Gasteiger partial charge is 0.291 e. The van der Waals surface area contributed by atoms with Crippen LogP contribution in [0.15, 0.2) is 47.8 Å². The first-order chi connectivity index (χ1) is 9.90. The predicted molar refractivity (Wildman–Crippen MR) is 74.2 cm³/mol. The number of benzene rings is 1. The van der Waals surface area contributed by atoms with Crippen molar-refractivity contribution < 1.29 is 13.2 Å². The van der Waals surface area contributed by atoms with Crippen molar-refractivity contribution in [3.05, 3.63) is 70.2 Å². The van der Waals surface area contributed by atoms with E-state index in [1.54, 1.807) is 37.3 Å². The molecule has 1 aromatic heterocycles. The molecule has 0 amide bonds. The maximum Gasteiger partial charge on any atom is 0.433 e. The van der Waals surface area contributed by atoms with Gasteiger partial charge in [-0.25, -0.2) is 0 Å². The van der Waals surface area contributed by atoms with Crippen LogP contribution in [0, 0.1) is 0 Å². The van der Waals surface area contributed by atoms with Crippen LogP contribution < -0.4 is 5.56 Å². The lowest BCUT2D eigenvalue weighted by Crippen LogP contribution is -2.20. The molecule has 1 unspecified atom stereocenters. The van der Waals surface area contributed by atoms with E-state index < -0.39 is 23.3 Å². The summed E-state index contributed by atoms with van der Waals surface area (Å²) in [6, 6.07) is 8.54. The van der Waals surface area contributed by atoms with Crippen molar-refractivity contribution in [2.75, 3.05) is 0 Å². The summed E-state index contributed by atoms with van der Waals surface area (Å²) in [7, 11) is 0. The number of halogens is 3. The number of aromatic amines is 1. The van der Waals surface area contributed by atoms with E-state index in [9.17, 15) is 18.0 Å². The lowest BCUT2D eigenvalue weighted by Gasteiger charge is -2.14. The SMILES string of the molecule is C=CC(c1ccccc1)c1c(C(F)(F)F)[nH]n(CC)c1=O. The topological polar surface area (TPSA) is 37.8 Å². The zero-order chi connectivity index (χ0) is 15.6. The van der Waals surface area contributed by atoms with E-state index in [0.29, 0.717) is 5.56 Å². The number of allylic oxidation sites excluding steroid dienone is 1. The van der Waals surface area contributed by atoms with Gasteiger partial charge in [-0.15, -0.1) is 6.58 Å². The summed E-state index contributed by atoms with van der Waals surface area (Å²) in [6.07, 6.45) is -3.26. The fourth-order valence-corrected chi connectivity index (χ4v) is 2.31. The zero-order valence-electron chi connectivity index (χ0n) is 11.4. The van der Waals surface area contributed by atoms with Gasteiger partial charge in [-0.05, 0) is 12.5 Å². The molecular weight excluding hydrogens is 281 g/mol. The number of rotatable bonds is 4. The van der Waals surface area contributed by atoms with Crippen molar-refractivity contribution >= 4 is 0 Å². The highest BCUT2D eigenvalue weighted by atomic mass is 19.4. The van der Waals surface area contributed by atoms with Crippen LogP contribution in [0.5, 0.6) is 0 Å². The Balaban J connectivity index is 2.69. The van der Waals surface area contributed by atoms with Gasteiger partial charge < -0.3 is 0 Å². The molecule has 0 spiro atoms. The molecule has 6 heteroatoms. The van der Waals surface area contributed by atoms with Gasteiger partial charge in [0, 0.05) is 12.5 Å². The molecule has 2 aromatic rings. The number of H-pyrrole nitrogens is 1. The van der Waals surface area contributed by atoms with Gasteiger partial charge in [0.2, 0.25) is 0 Å². The third-order valence-corrected chi connectivity index (χ3v) is 3.30. The third kappa shape index (κ3) is 2.79. The number of aryl methyl sites for hydroxylation is 1. The quantitative estimate of drug-likeness (QED) is 0.861. The average Bonchev–Trinajstić information content (AvgIpc) is 2.78. The van der Waals surface area contributed by atoms with Crippen molar-refractivity contribution in [1.29, 1.82) is 0 Å². The van der Waals surface area contributed by atoms with E-state index in [2.05, 4.69) is 11.7 Å². The van der Waals surface area contributed by atoms with Gasteiger partial charge in [-0.1, -0.05) is 36.4 Å². The minimum absolute atomic E-state index is 0.139. The summed E-state index contributed by atoms with van der Waals surface area (Å²) in [6.45, 7) is 5.33. The monoisotopic (exact) mass is 296 g/mol. The van der Waals surface area contributed by atoms with E-state index in [1.807, 2.05) is 0 Å². The Morgan fingerprint density at radius 3 is 2.43 bits per heavy atom. The molecule has 1 atom stereocenters. The fourth-order valence-electron chi connectivity index (χ4n) is 2.31. The predicted octanol–water partition coefficient (Wildman–Crippen LogP) is 3.53. The van der Waals surface area contributed by atoms with Crippen LogP contribution in [0.1, 0.15) is 29.7 Å². The van der Waals surface area contributed by atoms with Gasteiger partial charge >= 0.3 is 6.18 Å². The maximum atomic E-state index is 13.2. The highest BCUT2D eigenvalue weighted by Gasteiger charge is 2.39. The Labute approximate surface area is 119 Å². The van der Waals surface area contributed by atoms with E-state index in [1.165, 1.54) is 6.08 Å². The van der Waals surface area contributed by atoms with Gasteiger partial charge in [0.1, 0.15) is 5.69 Å². The second-order valence-corrected chi connectivity index (χ2v) is 4.57. The Bertz CT molecular complexity index is 683. The molecule has 3 nitrogen and oxygen atoms in total. The average molecular weight is 296 g/mol. The highest BCUT2D eigenvalue weighted by Crippen LogP contribution is 2.35. The summed E-state index contributed by atoms with van der Waals surface area (Å²) in [4.78, 5) is 12.2. The first-order valence-electron chi connectivity index (χ1n) is 6.47. The number of nitrogens with one attached hydrogen (secondary N) is 1. The molecule has 0 aliphatic carbocycles. The van der Waals surface area contributed by atoms with Crippen molar-refractivity contribution in [2.45, 2.75) is 25.6 Å². The molecule has 1 heterocycles. The van der Waals surface area contributed by atoms with Gasteiger partial charge in [0.15, 0.2) is 0 Å². The molecule has 0 fully saturated rings. The second kappa shape index (κ2) is 5.63. The lowest BCUT2D eigenvalue weighted by atomic mass is 9.91. The Kier molecular flexibility index (Phi) is 4.06. The number of aromatic nitrogens is 2. The van der Waals surface area contributed by atoms with Crippen molar-refractivity contribution in [3.8, 4) is 0 Å². The molecule has 0 saturated carbocycles. The van der Waals surface area contributed by atoms with Crippen LogP contribution in [-0.2, 0) is 12.7 Å². The van der Waals surface area contributed by atoms with Crippen LogP contribution in [0.2, 0.25) is 0 Å². The maximum absolute atomic E-state index is 13.2. The van der Waals surface area contributed by atoms with Crippen LogP contribution in [0.25, 0.3) is 0 Å². The minimum atomic E-state index is -4.62. The molecule has 0 aliphatic rings. The van der Waals surface area contributed by atoms with Gasteiger partial charge in [0.05, 0.1) is 5.56 Å². The standard InChI is InChI=1S/C15H15F3N2O/c1-3-11(10-8-6-5-7-9-10)12-13(15(16,17)18)19-20(4-2)14(12)21/h3,5-9,11,19H,1,4H2,2H3. The molecule has 0 aliphatic heterocycles. The van der Waals surface area contributed by atoms with Crippen molar-refractivity contribution in [3.63, 3.8) is 0 Å². The molecular formula is C15H15F3N2O. The van der Waals surface area contributed by atoms with Crippen LogP contribution in [-0.4, -0.2) is 9.78 Å². The molecule has 0 radical (unpaired) electrons. The van der Waals surface area contributed by atoms with Crippen LogP contribution >= 0.6 is 0 Å². The van der Waals surface area contributed by atoms with Gasteiger partial charge in [-0.2, -0.15) is 13.2 Å². The first kappa shape index (κ1) is 15.2.